The van der Waals surface area contributed by atoms with Crippen LogP contribution in [0.25, 0.3) is 0 Å². The van der Waals surface area contributed by atoms with Gasteiger partial charge in [0.25, 0.3) is 5.91 Å². The quantitative estimate of drug-likeness (QED) is 0.0725. The van der Waals surface area contributed by atoms with Crippen molar-refractivity contribution in [2.24, 2.45) is 5.10 Å². The van der Waals surface area contributed by atoms with Gasteiger partial charge in [-0.25, -0.2) is 15.0 Å². The molecule has 0 saturated heterocycles. The van der Waals surface area contributed by atoms with Crippen molar-refractivity contribution in [2.75, 3.05) is 0 Å². The van der Waals surface area contributed by atoms with Gasteiger partial charge in [-0.2, -0.15) is 5.10 Å². The summed E-state index contributed by atoms with van der Waals surface area (Å²) in [5.41, 5.74) is 4.59. The summed E-state index contributed by atoms with van der Waals surface area (Å²) in [4.78, 5) is 38.1. The van der Waals surface area contributed by atoms with Crippen molar-refractivity contribution >= 4 is 47.3 Å². The van der Waals surface area contributed by atoms with E-state index in [1.165, 1.54) is 18.3 Å². The number of ether oxygens (including phenoxy) is 3. The Hall–Kier alpha value is -5.44. The molecule has 0 atom stereocenters. The summed E-state index contributed by atoms with van der Waals surface area (Å²) in [5, 5.41) is 5.06. The fraction of sp³-hybridized carbons (Fsp3) is 0.0286. The van der Waals surface area contributed by atoms with Crippen LogP contribution in [0.2, 0.25) is 10.0 Å². The van der Waals surface area contributed by atoms with Crippen molar-refractivity contribution in [1.29, 1.82) is 0 Å². The van der Waals surface area contributed by atoms with Crippen LogP contribution in [0, 0.1) is 0 Å². The number of hydrogen-bond donors (Lipinski definition) is 1. The van der Waals surface area contributed by atoms with Crippen LogP contribution >= 0.6 is 23.2 Å². The van der Waals surface area contributed by atoms with Gasteiger partial charge in [-0.3, -0.25) is 4.79 Å². The number of benzene rings is 5. The van der Waals surface area contributed by atoms with Crippen molar-refractivity contribution < 1.29 is 28.6 Å². The minimum Gasteiger partial charge on any atom is -0.489 e. The van der Waals surface area contributed by atoms with Crippen LogP contribution in [-0.2, 0) is 6.61 Å². The first-order chi connectivity index (χ1) is 21.9. The van der Waals surface area contributed by atoms with E-state index in [9.17, 15) is 14.4 Å². The number of esters is 2. The van der Waals surface area contributed by atoms with Crippen molar-refractivity contribution in [3.8, 4) is 17.2 Å². The third kappa shape index (κ3) is 8.57. The molecule has 0 radical (unpaired) electrons. The molecule has 0 saturated carbocycles. The topological polar surface area (TPSA) is 103 Å². The van der Waals surface area contributed by atoms with Crippen LogP contribution in [0.1, 0.15) is 42.2 Å². The van der Waals surface area contributed by atoms with E-state index < -0.39 is 17.8 Å². The zero-order chi connectivity index (χ0) is 31.6. The molecular formula is C35H24Cl2N2O6. The van der Waals surface area contributed by atoms with Crippen LogP contribution in [0.4, 0.5) is 0 Å². The third-order valence-corrected chi connectivity index (χ3v) is 6.90. The first kappa shape index (κ1) is 31.0. The Bertz CT molecular complexity index is 1850. The number of hydrogen-bond acceptors (Lipinski definition) is 7. The zero-order valence-electron chi connectivity index (χ0n) is 23.5. The fourth-order valence-electron chi connectivity index (χ4n) is 3.97. The van der Waals surface area contributed by atoms with E-state index >= 15 is 0 Å². The van der Waals surface area contributed by atoms with E-state index in [0.29, 0.717) is 38.0 Å². The number of halogens is 2. The molecule has 8 nitrogen and oxygen atoms in total. The van der Waals surface area contributed by atoms with E-state index in [2.05, 4.69) is 10.5 Å². The minimum absolute atomic E-state index is 0.0718. The number of nitrogens with zero attached hydrogens (tertiary/aromatic N) is 1. The van der Waals surface area contributed by atoms with Crippen LogP contribution < -0.4 is 19.6 Å². The van der Waals surface area contributed by atoms with Gasteiger partial charge >= 0.3 is 11.9 Å². The van der Waals surface area contributed by atoms with E-state index in [0.717, 1.165) is 5.56 Å². The van der Waals surface area contributed by atoms with Gasteiger partial charge in [0.1, 0.15) is 23.9 Å². The number of carbonyl (C=O) groups excluding carboxylic acids is 3. The van der Waals surface area contributed by atoms with Crippen LogP contribution in [0.5, 0.6) is 17.2 Å². The Balaban J connectivity index is 1.26. The molecule has 0 aliphatic carbocycles. The largest absolute Gasteiger partial charge is 0.489 e. The molecule has 1 N–H and O–H groups in total. The summed E-state index contributed by atoms with van der Waals surface area (Å²) in [7, 11) is 0. The molecule has 5 rings (SSSR count). The molecule has 0 unspecified atom stereocenters. The maximum atomic E-state index is 12.8. The van der Waals surface area contributed by atoms with Gasteiger partial charge in [0.15, 0.2) is 0 Å². The van der Waals surface area contributed by atoms with Crippen molar-refractivity contribution in [1.82, 2.24) is 5.43 Å². The van der Waals surface area contributed by atoms with Gasteiger partial charge in [0.05, 0.1) is 17.3 Å². The number of hydrazone groups is 1. The Morgan fingerprint density at radius 2 is 1.29 bits per heavy atom. The summed E-state index contributed by atoms with van der Waals surface area (Å²) in [6, 6.07) is 33.0. The molecule has 0 aliphatic rings. The highest BCUT2D eigenvalue weighted by atomic mass is 35.5. The fourth-order valence-corrected chi connectivity index (χ4v) is 4.44. The maximum Gasteiger partial charge on any atom is 0.343 e. The average Bonchev–Trinajstić information content (AvgIpc) is 3.06. The first-order valence-corrected chi connectivity index (χ1v) is 14.3. The lowest BCUT2D eigenvalue weighted by atomic mass is 10.2. The molecule has 5 aromatic carbocycles. The number of nitrogens with one attached hydrogen (secondary N) is 1. The molecule has 0 spiro atoms. The molecule has 224 valence electrons. The van der Waals surface area contributed by atoms with Gasteiger partial charge in [0.2, 0.25) is 0 Å². The second kappa shape index (κ2) is 14.8. The predicted molar refractivity (Wildman–Crippen MR) is 172 cm³/mol. The van der Waals surface area contributed by atoms with Gasteiger partial charge in [-0.15, -0.1) is 0 Å². The lowest BCUT2D eigenvalue weighted by molar-refractivity contribution is 0.0732. The second-order valence-electron chi connectivity index (χ2n) is 9.46. The third-order valence-electron chi connectivity index (χ3n) is 6.31. The first-order valence-electron chi connectivity index (χ1n) is 13.5. The molecule has 1 amide bonds. The second-order valence-corrected chi connectivity index (χ2v) is 10.3. The van der Waals surface area contributed by atoms with E-state index in [1.807, 2.05) is 0 Å². The molecule has 0 aromatic heterocycles. The molecule has 0 heterocycles. The highest BCUT2D eigenvalue weighted by Gasteiger charge is 2.15. The van der Waals surface area contributed by atoms with Crippen LogP contribution in [0.15, 0.2) is 126 Å². The Labute approximate surface area is 268 Å². The number of amides is 1. The minimum atomic E-state index is -0.624. The number of carbonyl (C=O) groups is 3. The highest BCUT2D eigenvalue weighted by molar-refractivity contribution is 6.35. The monoisotopic (exact) mass is 638 g/mol. The van der Waals surface area contributed by atoms with Gasteiger partial charge in [-0.05, 0) is 72.8 Å². The van der Waals surface area contributed by atoms with Crippen LogP contribution in [0.3, 0.4) is 0 Å². The maximum absolute atomic E-state index is 12.8. The summed E-state index contributed by atoms with van der Waals surface area (Å²) in [5.74, 6) is -0.908. The smallest absolute Gasteiger partial charge is 0.343 e. The van der Waals surface area contributed by atoms with E-state index in [4.69, 9.17) is 37.4 Å². The molecular weight excluding hydrogens is 615 g/mol. The van der Waals surface area contributed by atoms with E-state index in [1.54, 1.807) is 109 Å². The molecule has 10 heteroatoms. The summed E-state index contributed by atoms with van der Waals surface area (Å²) in [6.07, 6.45) is 1.32. The SMILES string of the molecule is O=C(N/N=C\c1ccc(OC(=O)c2ccccc2)cc1OC(=O)c1ccccc1)c1ccc(OCc2ccc(Cl)cc2Cl)cc1. The van der Waals surface area contributed by atoms with Gasteiger partial charge < -0.3 is 14.2 Å². The van der Waals surface area contributed by atoms with Gasteiger partial charge in [0, 0.05) is 32.8 Å². The van der Waals surface area contributed by atoms with Crippen molar-refractivity contribution in [2.45, 2.75) is 6.61 Å². The molecule has 0 bridgehead atoms. The van der Waals surface area contributed by atoms with Crippen molar-refractivity contribution in [3.05, 3.63) is 159 Å². The summed E-state index contributed by atoms with van der Waals surface area (Å²) < 4.78 is 16.9. The van der Waals surface area contributed by atoms with Crippen LogP contribution in [-0.4, -0.2) is 24.1 Å². The van der Waals surface area contributed by atoms with E-state index in [-0.39, 0.29) is 18.1 Å². The Morgan fingerprint density at radius 3 is 1.93 bits per heavy atom. The van der Waals surface area contributed by atoms with Crippen molar-refractivity contribution in [3.63, 3.8) is 0 Å². The molecule has 5 aromatic rings. The molecule has 0 aliphatic heterocycles. The molecule has 45 heavy (non-hydrogen) atoms. The normalized spacial score (nSPS) is 10.7. The predicted octanol–water partition coefficient (Wildman–Crippen LogP) is 7.77. The average molecular weight is 639 g/mol. The standard InChI is InChI=1S/C35H24Cl2N2O6/c36-28-15-11-27(31(37)19-28)22-43-29-16-12-23(13-17-29)33(40)39-38-21-26-14-18-30(44-34(41)24-7-3-1-4-8-24)20-32(26)45-35(42)25-9-5-2-6-10-25/h1-21H,22H2,(H,39,40)/b38-21-. The Kier molecular flexibility index (Phi) is 10.2. The summed E-state index contributed by atoms with van der Waals surface area (Å²) in [6.45, 7) is 0.229. The lowest BCUT2D eigenvalue weighted by Crippen LogP contribution is -2.17. The highest BCUT2D eigenvalue weighted by Crippen LogP contribution is 2.26. The van der Waals surface area contributed by atoms with Gasteiger partial charge in [-0.1, -0.05) is 65.7 Å². The Morgan fingerprint density at radius 1 is 0.667 bits per heavy atom. The lowest BCUT2D eigenvalue weighted by Gasteiger charge is -2.11. The zero-order valence-corrected chi connectivity index (χ0v) is 25.0. The summed E-state index contributed by atoms with van der Waals surface area (Å²) >= 11 is 12.1. The number of rotatable bonds is 10. The molecule has 0 fully saturated rings.